The maximum atomic E-state index is 11.9. The minimum atomic E-state index is -0.450. The van der Waals surface area contributed by atoms with Gasteiger partial charge in [0, 0.05) is 13.1 Å². The molecule has 0 aliphatic carbocycles. The van der Waals surface area contributed by atoms with Crippen molar-refractivity contribution in [3.05, 3.63) is 23.8 Å². The Morgan fingerprint density at radius 3 is 2.79 bits per heavy atom. The highest BCUT2D eigenvalue weighted by Crippen LogP contribution is 2.27. The van der Waals surface area contributed by atoms with E-state index in [1.165, 1.54) is 0 Å². The SMILES string of the molecule is COc1ccc(CCNC(=O)NC2CCCCNC2=O)cc1OC. The standard InChI is InChI=1S/C17H25N3O4/c1-23-14-7-6-12(11-15(14)24-2)8-10-19-17(22)20-13-5-3-4-9-18-16(13)21/h6-7,11,13H,3-5,8-10H2,1-2H3,(H,18,21)(H2,19,20,22). The fourth-order valence-electron chi connectivity index (χ4n) is 2.64. The van der Waals surface area contributed by atoms with Crippen LogP contribution in [-0.4, -0.2) is 45.3 Å². The lowest BCUT2D eigenvalue weighted by atomic mass is 10.1. The summed E-state index contributed by atoms with van der Waals surface area (Å²) in [6, 6.07) is 4.88. The highest BCUT2D eigenvalue weighted by atomic mass is 16.5. The maximum absolute atomic E-state index is 11.9. The van der Waals surface area contributed by atoms with Crippen molar-refractivity contribution in [2.75, 3.05) is 27.3 Å². The maximum Gasteiger partial charge on any atom is 0.315 e. The lowest BCUT2D eigenvalue weighted by Crippen LogP contribution is -2.49. The Morgan fingerprint density at radius 1 is 1.25 bits per heavy atom. The van der Waals surface area contributed by atoms with Crippen LogP contribution in [0.3, 0.4) is 0 Å². The van der Waals surface area contributed by atoms with Gasteiger partial charge in [-0.05, 0) is 43.4 Å². The van der Waals surface area contributed by atoms with Crippen LogP contribution in [0.15, 0.2) is 18.2 Å². The van der Waals surface area contributed by atoms with Crippen LogP contribution in [0.4, 0.5) is 4.79 Å². The molecular weight excluding hydrogens is 310 g/mol. The van der Waals surface area contributed by atoms with Crippen molar-refractivity contribution in [2.24, 2.45) is 0 Å². The molecule has 0 aromatic heterocycles. The number of amides is 3. The van der Waals surface area contributed by atoms with E-state index in [2.05, 4.69) is 16.0 Å². The van der Waals surface area contributed by atoms with E-state index in [0.717, 1.165) is 18.4 Å². The van der Waals surface area contributed by atoms with Crippen LogP contribution in [0.5, 0.6) is 11.5 Å². The molecule has 1 aliphatic rings. The van der Waals surface area contributed by atoms with E-state index >= 15 is 0 Å². The van der Waals surface area contributed by atoms with Gasteiger partial charge in [-0.3, -0.25) is 4.79 Å². The average molecular weight is 335 g/mol. The van der Waals surface area contributed by atoms with Crippen LogP contribution in [0.25, 0.3) is 0 Å². The van der Waals surface area contributed by atoms with E-state index in [0.29, 0.717) is 37.4 Å². The molecule has 0 radical (unpaired) electrons. The molecule has 7 nitrogen and oxygen atoms in total. The zero-order chi connectivity index (χ0) is 17.4. The summed E-state index contributed by atoms with van der Waals surface area (Å²) in [5.74, 6) is 1.23. The Bertz CT molecular complexity index is 577. The van der Waals surface area contributed by atoms with Crippen molar-refractivity contribution in [1.82, 2.24) is 16.0 Å². The first-order chi connectivity index (χ1) is 11.6. The second-order valence-corrected chi connectivity index (χ2v) is 5.68. The van der Waals surface area contributed by atoms with E-state index in [-0.39, 0.29) is 11.9 Å². The monoisotopic (exact) mass is 335 g/mol. The zero-order valence-corrected chi connectivity index (χ0v) is 14.2. The van der Waals surface area contributed by atoms with Crippen LogP contribution in [0.1, 0.15) is 24.8 Å². The second-order valence-electron chi connectivity index (χ2n) is 5.68. The average Bonchev–Trinajstić information content (AvgIpc) is 2.79. The second kappa shape index (κ2) is 9.00. The molecule has 132 valence electrons. The van der Waals surface area contributed by atoms with Crippen LogP contribution >= 0.6 is 0 Å². The third-order valence-electron chi connectivity index (χ3n) is 3.99. The van der Waals surface area contributed by atoms with Crippen LogP contribution in [0, 0.1) is 0 Å². The smallest absolute Gasteiger partial charge is 0.315 e. The predicted octanol–water partition coefficient (Wildman–Crippen LogP) is 1.21. The Morgan fingerprint density at radius 2 is 2.04 bits per heavy atom. The number of benzene rings is 1. The number of carbonyl (C=O) groups is 2. The van der Waals surface area contributed by atoms with Gasteiger partial charge in [0.15, 0.2) is 11.5 Å². The van der Waals surface area contributed by atoms with Crippen molar-refractivity contribution < 1.29 is 19.1 Å². The summed E-state index contributed by atoms with van der Waals surface area (Å²) in [6.45, 7) is 1.15. The molecule has 1 aromatic rings. The van der Waals surface area contributed by atoms with Crippen LogP contribution in [-0.2, 0) is 11.2 Å². The molecule has 1 atom stereocenters. The van der Waals surface area contributed by atoms with Gasteiger partial charge in [-0.1, -0.05) is 6.07 Å². The van der Waals surface area contributed by atoms with Gasteiger partial charge in [-0.25, -0.2) is 4.79 Å². The molecule has 1 aromatic carbocycles. The van der Waals surface area contributed by atoms with Crippen molar-refractivity contribution in [3.63, 3.8) is 0 Å². The fourth-order valence-corrected chi connectivity index (χ4v) is 2.64. The van der Waals surface area contributed by atoms with Crippen LogP contribution in [0.2, 0.25) is 0 Å². The largest absolute Gasteiger partial charge is 0.493 e. The molecule has 7 heteroatoms. The summed E-state index contributed by atoms with van der Waals surface area (Å²) in [5.41, 5.74) is 1.03. The quantitative estimate of drug-likeness (QED) is 0.729. The number of ether oxygens (including phenoxy) is 2. The first-order valence-corrected chi connectivity index (χ1v) is 8.17. The number of rotatable bonds is 6. The first kappa shape index (κ1) is 17.9. The van der Waals surface area contributed by atoms with E-state index in [9.17, 15) is 9.59 Å². The highest BCUT2D eigenvalue weighted by molar-refractivity contribution is 5.87. The molecule has 3 amide bonds. The Kier molecular flexibility index (Phi) is 6.72. The number of methoxy groups -OCH3 is 2. The van der Waals surface area contributed by atoms with Gasteiger partial charge < -0.3 is 25.4 Å². The minimum Gasteiger partial charge on any atom is -0.493 e. The molecule has 1 heterocycles. The van der Waals surface area contributed by atoms with Gasteiger partial charge in [0.05, 0.1) is 14.2 Å². The van der Waals surface area contributed by atoms with Crippen molar-refractivity contribution >= 4 is 11.9 Å². The third-order valence-corrected chi connectivity index (χ3v) is 3.99. The van der Waals surface area contributed by atoms with Gasteiger partial charge in [-0.15, -0.1) is 0 Å². The van der Waals surface area contributed by atoms with Crippen molar-refractivity contribution in [3.8, 4) is 11.5 Å². The zero-order valence-electron chi connectivity index (χ0n) is 14.2. The Labute approximate surface area is 142 Å². The van der Waals surface area contributed by atoms with E-state index in [1.807, 2.05) is 18.2 Å². The number of hydrogen-bond donors (Lipinski definition) is 3. The summed E-state index contributed by atoms with van der Waals surface area (Å²) in [4.78, 5) is 23.7. The molecule has 0 spiro atoms. The molecule has 0 bridgehead atoms. The van der Waals surface area contributed by atoms with E-state index < -0.39 is 6.04 Å². The summed E-state index contributed by atoms with van der Waals surface area (Å²) >= 11 is 0. The highest BCUT2D eigenvalue weighted by Gasteiger charge is 2.21. The van der Waals surface area contributed by atoms with Gasteiger partial charge in [0.1, 0.15) is 6.04 Å². The van der Waals surface area contributed by atoms with Crippen molar-refractivity contribution in [2.45, 2.75) is 31.7 Å². The number of hydrogen-bond acceptors (Lipinski definition) is 4. The fraction of sp³-hybridized carbons (Fsp3) is 0.529. The lowest BCUT2D eigenvalue weighted by molar-refractivity contribution is -0.122. The molecule has 24 heavy (non-hydrogen) atoms. The molecule has 1 saturated heterocycles. The van der Waals surface area contributed by atoms with E-state index in [1.54, 1.807) is 14.2 Å². The Balaban J connectivity index is 1.79. The summed E-state index contributed by atoms with van der Waals surface area (Å²) in [6.07, 6.45) is 3.21. The van der Waals surface area contributed by atoms with Gasteiger partial charge >= 0.3 is 6.03 Å². The first-order valence-electron chi connectivity index (χ1n) is 8.17. The predicted molar refractivity (Wildman–Crippen MR) is 90.4 cm³/mol. The third kappa shape index (κ3) is 5.04. The van der Waals surface area contributed by atoms with Gasteiger partial charge in [-0.2, -0.15) is 0 Å². The molecule has 1 fully saturated rings. The van der Waals surface area contributed by atoms with Crippen molar-refractivity contribution in [1.29, 1.82) is 0 Å². The molecule has 1 aliphatic heterocycles. The summed E-state index contributed by atoms with van der Waals surface area (Å²) in [5, 5.41) is 8.31. The number of carbonyl (C=O) groups excluding carboxylic acids is 2. The molecule has 0 saturated carbocycles. The minimum absolute atomic E-state index is 0.109. The van der Waals surface area contributed by atoms with Crippen LogP contribution < -0.4 is 25.4 Å². The molecule has 2 rings (SSSR count). The lowest BCUT2D eigenvalue weighted by Gasteiger charge is -2.16. The summed E-state index contributed by atoms with van der Waals surface area (Å²) in [7, 11) is 3.18. The molecular formula is C17H25N3O4. The normalized spacial score (nSPS) is 17.4. The molecule has 1 unspecified atom stereocenters. The number of urea groups is 1. The van der Waals surface area contributed by atoms with E-state index in [4.69, 9.17) is 9.47 Å². The number of nitrogens with one attached hydrogen (secondary N) is 3. The summed E-state index contributed by atoms with van der Waals surface area (Å²) < 4.78 is 10.5. The Hall–Kier alpha value is -2.44. The topological polar surface area (TPSA) is 88.7 Å². The van der Waals surface area contributed by atoms with Gasteiger partial charge in [0.2, 0.25) is 5.91 Å². The van der Waals surface area contributed by atoms with Gasteiger partial charge in [0.25, 0.3) is 0 Å². The molecule has 3 N–H and O–H groups in total.